The number of hydrogen-bond donors (Lipinski definition) is 1. The first-order chi connectivity index (χ1) is 9.02. The SMILES string of the molecule is CCc1cccc(C)c1Nc1nc(C)c(C(C)=O)s1. The molecule has 1 aromatic carbocycles. The van der Waals surface area contributed by atoms with Crippen LogP contribution in [-0.4, -0.2) is 10.8 Å². The van der Waals surface area contributed by atoms with E-state index in [2.05, 4.69) is 42.3 Å². The molecule has 0 saturated heterocycles. The molecule has 0 aliphatic rings. The molecule has 0 aliphatic carbocycles. The molecule has 0 spiro atoms. The number of rotatable bonds is 4. The molecule has 100 valence electrons. The van der Waals surface area contributed by atoms with Crippen molar-refractivity contribution in [2.24, 2.45) is 0 Å². The highest BCUT2D eigenvalue weighted by Gasteiger charge is 2.13. The van der Waals surface area contributed by atoms with E-state index in [4.69, 9.17) is 0 Å². The third-order valence-corrected chi connectivity index (χ3v) is 4.26. The molecule has 0 unspecified atom stereocenters. The van der Waals surface area contributed by atoms with E-state index in [1.54, 1.807) is 6.92 Å². The minimum absolute atomic E-state index is 0.0727. The zero-order valence-corrected chi connectivity index (χ0v) is 12.5. The minimum Gasteiger partial charge on any atom is -0.331 e. The standard InChI is InChI=1S/C15H18N2OS/c1-5-12-8-6-7-9(2)13(12)17-15-16-10(3)14(19-15)11(4)18/h6-8H,5H2,1-4H3,(H,16,17). The zero-order valence-electron chi connectivity index (χ0n) is 11.7. The van der Waals surface area contributed by atoms with E-state index in [1.807, 2.05) is 6.92 Å². The highest BCUT2D eigenvalue weighted by molar-refractivity contribution is 7.17. The van der Waals surface area contributed by atoms with Gasteiger partial charge < -0.3 is 5.32 Å². The normalized spacial score (nSPS) is 10.5. The summed E-state index contributed by atoms with van der Waals surface area (Å²) >= 11 is 1.42. The third kappa shape index (κ3) is 2.84. The fourth-order valence-electron chi connectivity index (χ4n) is 2.09. The molecule has 2 rings (SSSR count). The van der Waals surface area contributed by atoms with Crippen LogP contribution in [0.15, 0.2) is 18.2 Å². The number of para-hydroxylation sites is 1. The molecule has 3 nitrogen and oxygen atoms in total. The smallest absolute Gasteiger partial charge is 0.188 e. The highest BCUT2D eigenvalue weighted by Crippen LogP contribution is 2.29. The van der Waals surface area contributed by atoms with Crippen molar-refractivity contribution in [3.05, 3.63) is 39.9 Å². The van der Waals surface area contributed by atoms with E-state index in [0.29, 0.717) is 0 Å². The van der Waals surface area contributed by atoms with Crippen LogP contribution in [0.4, 0.5) is 10.8 Å². The summed E-state index contributed by atoms with van der Waals surface area (Å²) in [6.45, 7) is 7.66. The van der Waals surface area contributed by atoms with Crippen molar-refractivity contribution in [3.63, 3.8) is 0 Å². The largest absolute Gasteiger partial charge is 0.331 e. The summed E-state index contributed by atoms with van der Waals surface area (Å²) in [5, 5.41) is 4.15. The second-order valence-corrected chi connectivity index (χ2v) is 5.58. The van der Waals surface area contributed by atoms with E-state index in [0.717, 1.165) is 27.8 Å². The number of Topliss-reactive ketones (excluding diaryl/α,β-unsaturated/α-hetero) is 1. The zero-order chi connectivity index (χ0) is 14.0. The summed E-state index contributed by atoms with van der Waals surface area (Å²) in [7, 11) is 0. The molecule has 0 aliphatic heterocycles. The molecular weight excluding hydrogens is 256 g/mol. The topological polar surface area (TPSA) is 42.0 Å². The first-order valence-corrected chi connectivity index (χ1v) is 7.18. The summed E-state index contributed by atoms with van der Waals surface area (Å²) in [4.78, 5) is 16.6. The molecule has 1 aromatic heterocycles. The number of aromatic nitrogens is 1. The Morgan fingerprint density at radius 2 is 2.11 bits per heavy atom. The first kappa shape index (κ1) is 13.7. The number of anilines is 2. The molecule has 0 atom stereocenters. The quantitative estimate of drug-likeness (QED) is 0.847. The van der Waals surface area contributed by atoms with Crippen LogP contribution in [-0.2, 0) is 6.42 Å². The summed E-state index contributed by atoms with van der Waals surface area (Å²) < 4.78 is 0. The molecule has 0 radical (unpaired) electrons. The number of hydrogen-bond acceptors (Lipinski definition) is 4. The number of nitrogens with zero attached hydrogens (tertiary/aromatic N) is 1. The molecular formula is C15H18N2OS. The predicted octanol–water partition coefficient (Wildman–Crippen LogP) is 4.27. The van der Waals surface area contributed by atoms with Crippen molar-refractivity contribution >= 4 is 27.9 Å². The van der Waals surface area contributed by atoms with Gasteiger partial charge >= 0.3 is 0 Å². The maximum absolute atomic E-state index is 11.5. The third-order valence-electron chi connectivity index (χ3n) is 3.09. The van der Waals surface area contributed by atoms with Gasteiger partial charge in [-0.1, -0.05) is 36.5 Å². The molecule has 4 heteroatoms. The lowest BCUT2D eigenvalue weighted by Crippen LogP contribution is -1.97. The van der Waals surface area contributed by atoms with Gasteiger partial charge in [-0.2, -0.15) is 0 Å². The van der Waals surface area contributed by atoms with Crippen LogP contribution in [0.25, 0.3) is 0 Å². The van der Waals surface area contributed by atoms with Crippen LogP contribution < -0.4 is 5.32 Å². The van der Waals surface area contributed by atoms with E-state index in [1.165, 1.54) is 22.5 Å². The van der Waals surface area contributed by atoms with Gasteiger partial charge in [0, 0.05) is 12.6 Å². The van der Waals surface area contributed by atoms with Gasteiger partial charge in [0.25, 0.3) is 0 Å². The van der Waals surface area contributed by atoms with Crippen molar-refractivity contribution in [3.8, 4) is 0 Å². The Morgan fingerprint density at radius 3 is 2.68 bits per heavy atom. The van der Waals surface area contributed by atoms with Crippen LogP contribution in [0.2, 0.25) is 0 Å². The Kier molecular flexibility index (Phi) is 4.00. The van der Waals surface area contributed by atoms with Gasteiger partial charge in [0.15, 0.2) is 10.9 Å². The van der Waals surface area contributed by atoms with Gasteiger partial charge in [0.2, 0.25) is 0 Å². The molecule has 0 amide bonds. The maximum Gasteiger partial charge on any atom is 0.188 e. The highest BCUT2D eigenvalue weighted by atomic mass is 32.1. The van der Waals surface area contributed by atoms with Crippen molar-refractivity contribution in [1.82, 2.24) is 4.98 Å². The molecule has 1 heterocycles. The van der Waals surface area contributed by atoms with Gasteiger partial charge in [0.05, 0.1) is 10.6 Å². The molecule has 19 heavy (non-hydrogen) atoms. The number of thiazole rings is 1. The lowest BCUT2D eigenvalue weighted by molar-refractivity contribution is 0.102. The van der Waals surface area contributed by atoms with Crippen LogP contribution in [0.5, 0.6) is 0 Å². The Bertz CT molecular complexity index is 617. The van der Waals surface area contributed by atoms with Crippen LogP contribution in [0.1, 0.15) is 40.3 Å². The minimum atomic E-state index is 0.0727. The Labute approximate surface area is 117 Å². The van der Waals surface area contributed by atoms with E-state index in [-0.39, 0.29) is 5.78 Å². The van der Waals surface area contributed by atoms with Gasteiger partial charge in [-0.3, -0.25) is 4.79 Å². The number of aryl methyl sites for hydroxylation is 3. The van der Waals surface area contributed by atoms with Crippen LogP contribution in [0.3, 0.4) is 0 Å². The Hall–Kier alpha value is -1.68. The number of carbonyl (C=O) groups excluding carboxylic acids is 1. The molecule has 0 bridgehead atoms. The molecule has 0 fully saturated rings. The number of nitrogens with one attached hydrogen (secondary N) is 1. The lowest BCUT2D eigenvalue weighted by atomic mass is 10.1. The van der Waals surface area contributed by atoms with Crippen LogP contribution >= 0.6 is 11.3 Å². The second kappa shape index (κ2) is 5.53. The van der Waals surface area contributed by atoms with Crippen LogP contribution in [0, 0.1) is 13.8 Å². The van der Waals surface area contributed by atoms with E-state index in [9.17, 15) is 4.79 Å². The van der Waals surface area contributed by atoms with Crippen molar-refractivity contribution < 1.29 is 4.79 Å². The van der Waals surface area contributed by atoms with Crippen molar-refractivity contribution in [2.45, 2.75) is 34.1 Å². The average Bonchev–Trinajstić information content (AvgIpc) is 2.73. The monoisotopic (exact) mass is 274 g/mol. The van der Waals surface area contributed by atoms with Gasteiger partial charge in [-0.15, -0.1) is 0 Å². The summed E-state index contributed by atoms with van der Waals surface area (Å²) in [5.41, 5.74) is 4.36. The first-order valence-electron chi connectivity index (χ1n) is 6.36. The Balaban J connectivity index is 2.36. The van der Waals surface area contributed by atoms with Gasteiger partial charge in [0.1, 0.15) is 0 Å². The molecule has 0 saturated carbocycles. The fraction of sp³-hybridized carbons (Fsp3) is 0.333. The second-order valence-electron chi connectivity index (χ2n) is 4.58. The van der Waals surface area contributed by atoms with Gasteiger partial charge in [-0.25, -0.2) is 4.98 Å². The number of benzene rings is 1. The van der Waals surface area contributed by atoms with Gasteiger partial charge in [-0.05, 0) is 31.4 Å². The fourth-order valence-corrected chi connectivity index (χ4v) is 2.95. The van der Waals surface area contributed by atoms with E-state index < -0.39 is 0 Å². The number of carbonyl (C=O) groups is 1. The molecule has 1 N–H and O–H groups in total. The molecule has 2 aromatic rings. The van der Waals surface area contributed by atoms with E-state index >= 15 is 0 Å². The summed E-state index contributed by atoms with van der Waals surface area (Å²) in [6, 6.07) is 6.25. The summed E-state index contributed by atoms with van der Waals surface area (Å²) in [5.74, 6) is 0.0727. The lowest BCUT2D eigenvalue weighted by Gasteiger charge is -2.11. The predicted molar refractivity (Wildman–Crippen MR) is 80.7 cm³/mol. The summed E-state index contributed by atoms with van der Waals surface area (Å²) in [6.07, 6.45) is 0.966. The van der Waals surface area contributed by atoms with Crippen molar-refractivity contribution in [2.75, 3.05) is 5.32 Å². The number of ketones is 1. The Morgan fingerprint density at radius 1 is 1.37 bits per heavy atom. The van der Waals surface area contributed by atoms with Crippen molar-refractivity contribution in [1.29, 1.82) is 0 Å². The maximum atomic E-state index is 11.5. The average molecular weight is 274 g/mol.